The number of H-pyrrole nitrogens is 1. The number of fused-ring (bicyclic) bond motifs is 1. The van der Waals surface area contributed by atoms with Crippen LogP contribution in [0.5, 0.6) is 5.75 Å². The largest absolute Gasteiger partial charge is 0.493 e. The summed E-state index contributed by atoms with van der Waals surface area (Å²) in [6.45, 7) is 3.59. The lowest BCUT2D eigenvalue weighted by atomic mass is 9.94. The minimum Gasteiger partial charge on any atom is -0.493 e. The highest BCUT2D eigenvalue weighted by Gasteiger charge is 2.25. The van der Waals surface area contributed by atoms with Gasteiger partial charge in [-0.2, -0.15) is 0 Å². The quantitative estimate of drug-likeness (QED) is 0.803. The zero-order chi connectivity index (χ0) is 13.9. The summed E-state index contributed by atoms with van der Waals surface area (Å²) in [6.07, 6.45) is 4.81. The molecule has 1 fully saturated rings. The predicted octanol–water partition coefficient (Wildman–Crippen LogP) is 2.74. The van der Waals surface area contributed by atoms with Gasteiger partial charge >= 0.3 is 0 Å². The molecule has 0 amide bonds. The number of benzene rings is 1. The van der Waals surface area contributed by atoms with E-state index in [0.29, 0.717) is 6.61 Å². The molecule has 3 rings (SSSR count). The van der Waals surface area contributed by atoms with Crippen LogP contribution in [-0.2, 0) is 0 Å². The van der Waals surface area contributed by atoms with E-state index < -0.39 is 6.10 Å². The van der Waals surface area contributed by atoms with E-state index in [4.69, 9.17) is 4.74 Å². The molecule has 1 aliphatic rings. The molecule has 0 saturated carbocycles. The molecule has 2 heterocycles. The number of nitrogens with one attached hydrogen (secondary N) is 2. The van der Waals surface area contributed by atoms with Crippen molar-refractivity contribution < 1.29 is 9.84 Å². The van der Waals surface area contributed by atoms with Gasteiger partial charge in [-0.3, -0.25) is 0 Å². The summed E-state index contributed by atoms with van der Waals surface area (Å²) in [5.41, 5.74) is 1.95. The molecule has 1 aliphatic heterocycles. The minimum atomic E-state index is -0.495. The summed E-state index contributed by atoms with van der Waals surface area (Å²) < 4.78 is 5.70. The lowest BCUT2D eigenvalue weighted by Gasteiger charge is -2.28. The van der Waals surface area contributed by atoms with Gasteiger partial charge in [-0.15, -0.1) is 0 Å². The maximum atomic E-state index is 10.7. The van der Waals surface area contributed by atoms with Crippen molar-refractivity contribution in [2.45, 2.75) is 38.3 Å². The molecular formula is C16H22N2O2. The van der Waals surface area contributed by atoms with Crippen LogP contribution in [0.15, 0.2) is 24.4 Å². The Hall–Kier alpha value is -1.52. The van der Waals surface area contributed by atoms with Crippen LogP contribution in [0.2, 0.25) is 0 Å². The highest BCUT2D eigenvalue weighted by atomic mass is 16.5. The SMILES string of the molecule is CCOc1cccc2[nH]cc(C(O)C3CCCCN3)c12. The first-order valence-corrected chi connectivity index (χ1v) is 7.45. The Morgan fingerprint density at radius 1 is 1.40 bits per heavy atom. The third-order valence-corrected chi connectivity index (χ3v) is 4.05. The van der Waals surface area contributed by atoms with Gasteiger partial charge in [-0.1, -0.05) is 12.5 Å². The molecule has 0 radical (unpaired) electrons. The number of rotatable bonds is 4. The Morgan fingerprint density at radius 3 is 3.05 bits per heavy atom. The molecule has 108 valence electrons. The summed E-state index contributed by atoms with van der Waals surface area (Å²) in [5.74, 6) is 0.844. The maximum absolute atomic E-state index is 10.7. The van der Waals surface area contributed by atoms with Gasteiger partial charge in [0.25, 0.3) is 0 Å². The maximum Gasteiger partial charge on any atom is 0.129 e. The van der Waals surface area contributed by atoms with Crippen LogP contribution >= 0.6 is 0 Å². The molecule has 2 atom stereocenters. The van der Waals surface area contributed by atoms with Gasteiger partial charge in [0.15, 0.2) is 0 Å². The van der Waals surface area contributed by atoms with Crippen molar-refractivity contribution in [1.29, 1.82) is 0 Å². The Morgan fingerprint density at radius 2 is 2.30 bits per heavy atom. The van der Waals surface area contributed by atoms with Crippen LogP contribution < -0.4 is 10.1 Å². The molecule has 1 aromatic carbocycles. The second-order valence-corrected chi connectivity index (χ2v) is 5.36. The molecule has 0 bridgehead atoms. The van der Waals surface area contributed by atoms with E-state index in [1.165, 1.54) is 12.8 Å². The molecule has 4 heteroatoms. The second kappa shape index (κ2) is 5.85. The van der Waals surface area contributed by atoms with E-state index in [1.807, 2.05) is 31.3 Å². The van der Waals surface area contributed by atoms with Crippen LogP contribution in [0.4, 0.5) is 0 Å². The van der Waals surface area contributed by atoms with Crippen molar-refractivity contribution in [3.63, 3.8) is 0 Å². The topological polar surface area (TPSA) is 57.3 Å². The summed E-state index contributed by atoms with van der Waals surface area (Å²) in [5, 5.41) is 15.1. The third-order valence-electron chi connectivity index (χ3n) is 4.05. The van der Waals surface area contributed by atoms with Crippen LogP contribution in [0, 0.1) is 0 Å². The first-order valence-electron chi connectivity index (χ1n) is 7.45. The van der Waals surface area contributed by atoms with E-state index in [1.54, 1.807) is 0 Å². The summed E-state index contributed by atoms with van der Waals surface area (Å²) >= 11 is 0. The highest BCUT2D eigenvalue weighted by molar-refractivity contribution is 5.89. The lowest BCUT2D eigenvalue weighted by Crippen LogP contribution is -2.38. The average molecular weight is 274 g/mol. The third kappa shape index (κ3) is 2.41. The fraction of sp³-hybridized carbons (Fsp3) is 0.500. The van der Waals surface area contributed by atoms with Crippen LogP contribution in [0.1, 0.15) is 37.9 Å². The number of aromatic nitrogens is 1. The average Bonchev–Trinajstić information content (AvgIpc) is 2.93. The Kier molecular flexibility index (Phi) is 3.94. The van der Waals surface area contributed by atoms with Gasteiger partial charge in [0.1, 0.15) is 5.75 Å². The Bertz CT molecular complexity index is 573. The number of hydrogen-bond donors (Lipinski definition) is 3. The first-order chi connectivity index (χ1) is 9.81. The van der Waals surface area contributed by atoms with Crippen LogP contribution in [-0.4, -0.2) is 29.3 Å². The molecule has 3 N–H and O–H groups in total. The number of ether oxygens (including phenoxy) is 1. The van der Waals surface area contributed by atoms with E-state index in [0.717, 1.165) is 35.2 Å². The number of hydrogen-bond acceptors (Lipinski definition) is 3. The van der Waals surface area contributed by atoms with Crippen molar-refractivity contribution >= 4 is 10.9 Å². The standard InChI is InChI=1S/C16H22N2O2/c1-2-20-14-8-5-7-12-15(14)11(10-18-12)16(19)13-6-3-4-9-17-13/h5,7-8,10,13,16-19H,2-4,6,9H2,1H3. The summed E-state index contributed by atoms with van der Waals surface area (Å²) in [4.78, 5) is 3.24. The first kappa shape index (κ1) is 13.5. The fourth-order valence-electron chi connectivity index (χ4n) is 3.05. The van der Waals surface area contributed by atoms with Crippen LogP contribution in [0.25, 0.3) is 10.9 Å². The molecule has 1 aromatic heterocycles. The van der Waals surface area contributed by atoms with Gasteiger partial charge in [-0.25, -0.2) is 0 Å². The Labute approximate surface area is 119 Å². The molecule has 4 nitrogen and oxygen atoms in total. The van der Waals surface area contributed by atoms with Crippen molar-refractivity contribution in [3.8, 4) is 5.75 Å². The predicted molar refractivity (Wildman–Crippen MR) is 80.1 cm³/mol. The van der Waals surface area contributed by atoms with Crippen molar-refractivity contribution in [3.05, 3.63) is 30.0 Å². The number of piperidine rings is 1. The van der Waals surface area contributed by atoms with Crippen LogP contribution in [0.3, 0.4) is 0 Å². The number of aromatic amines is 1. The van der Waals surface area contributed by atoms with Gasteiger partial charge in [-0.05, 0) is 38.4 Å². The molecular weight excluding hydrogens is 252 g/mol. The molecule has 0 spiro atoms. The zero-order valence-corrected chi connectivity index (χ0v) is 11.9. The number of aliphatic hydroxyl groups is 1. The van der Waals surface area contributed by atoms with Gasteiger partial charge in [0.05, 0.1) is 12.7 Å². The molecule has 20 heavy (non-hydrogen) atoms. The van der Waals surface area contributed by atoms with E-state index >= 15 is 0 Å². The van der Waals surface area contributed by atoms with Gasteiger partial charge in [0.2, 0.25) is 0 Å². The van der Waals surface area contributed by atoms with Crippen molar-refractivity contribution in [2.75, 3.05) is 13.2 Å². The van der Waals surface area contributed by atoms with E-state index in [2.05, 4.69) is 10.3 Å². The van der Waals surface area contributed by atoms with E-state index in [-0.39, 0.29) is 6.04 Å². The lowest BCUT2D eigenvalue weighted by molar-refractivity contribution is 0.115. The zero-order valence-electron chi connectivity index (χ0n) is 11.9. The summed E-state index contributed by atoms with van der Waals surface area (Å²) in [7, 11) is 0. The highest BCUT2D eigenvalue weighted by Crippen LogP contribution is 2.34. The van der Waals surface area contributed by atoms with Crippen molar-refractivity contribution in [1.82, 2.24) is 10.3 Å². The monoisotopic (exact) mass is 274 g/mol. The molecule has 1 saturated heterocycles. The van der Waals surface area contributed by atoms with E-state index in [9.17, 15) is 5.11 Å². The van der Waals surface area contributed by atoms with Gasteiger partial charge in [0, 0.05) is 28.7 Å². The normalized spacial score (nSPS) is 21.0. The van der Waals surface area contributed by atoms with Crippen molar-refractivity contribution in [2.24, 2.45) is 0 Å². The number of aliphatic hydroxyl groups excluding tert-OH is 1. The molecule has 2 unspecified atom stereocenters. The minimum absolute atomic E-state index is 0.137. The Balaban J connectivity index is 1.97. The van der Waals surface area contributed by atoms with Gasteiger partial charge < -0.3 is 20.1 Å². The molecule has 0 aliphatic carbocycles. The summed E-state index contributed by atoms with van der Waals surface area (Å²) in [6, 6.07) is 6.09. The smallest absolute Gasteiger partial charge is 0.129 e. The second-order valence-electron chi connectivity index (χ2n) is 5.36. The molecule has 2 aromatic rings. The fourth-order valence-corrected chi connectivity index (χ4v) is 3.05.